The van der Waals surface area contributed by atoms with Gasteiger partial charge in [0.25, 0.3) is 5.91 Å². The summed E-state index contributed by atoms with van der Waals surface area (Å²) in [6.45, 7) is 2.76. The van der Waals surface area contributed by atoms with Crippen LogP contribution in [0.3, 0.4) is 0 Å². The number of nitrogens with zero attached hydrogens (tertiary/aromatic N) is 6. The number of likely N-dealkylation sites (N-methyl/N-ethyl adjacent to an activating group) is 2. The van der Waals surface area contributed by atoms with Crippen LogP contribution in [-0.2, 0) is 11.3 Å². The molecule has 1 fully saturated rings. The number of halogens is 1. The summed E-state index contributed by atoms with van der Waals surface area (Å²) >= 11 is 0. The third-order valence-corrected chi connectivity index (χ3v) is 5.89. The summed E-state index contributed by atoms with van der Waals surface area (Å²) in [5, 5.41) is 6.55. The maximum absolute atomic E-state index is 13.5. The number of imide groups is 1. The second-order valence-electron chi connectivity index (χ2n) is 8.14. The van der Waals surface area contributed by atoms with Gasteiger partial charge in [-0.2, -0.15) is 0 Å². The van der Waals surface area contributed by atoms with Crippen molar-refractivity contribution >= 4 is 29.4 Å². The molecule has 3 aliphatic rings. The van der Waals surface area contributed by atoms with Gasteiger partial charge in [-0.15, -0.1) is 10.1 Å². The maximum Gasteiger partial charge on any atom is 0.417 e. The molecule has 0 bridgehead atoms. The fraction of sp³-hybridized carbons (Fsp3) is 0.261. The number of rotatable bonds is 3. The quantitative estimate of drug-likeness (QED) is 0.696. The zero-order valence-electron chi connectivity index (χ0n) is 18.0. The van der Waals surface area contributed by atoms with Crippen molar-refractivity contribution in [3.8, 4) is 0 Å². The number of hydrogen-bond donors (Lipinski definition) is 0. The van der Waals surface area contributed by atoms with E-state index in [2.05, 4.69) is 11.1 Å². The van der Waals surface area contributed by atoms with Crippen LogP contribution in [0.2, 0.25) is 0 Å². The SMILES string of the molecule is Cc1cccc(CN2N=C(c3ccc(F)cc3)C[N+]3=C2N=C2C3C(=O)N(C)C(=O)N2C)c1. The highest BCUT2D eigenvalue weighted by atomic mass is 19.1. The molecule has 0 saturated carbocycles. The second-order valence-corrected chi connectivity index (χ2v) is 8.14. The summed E-state index contributed by atoms with van der Waals surface area (Å²) in [4.78, 5) is 32.7. The van der Waals surface area contributed by atoms with Crippen LogP contribution >= 0.6 is 0 Å². The minimum absolute atomic E-state index is 0.310. The Morgan fingerprint density at radius 1 is 1.09 bits per heavy atom. The number of hydrazone groups is 1. The molecule has 0 spiro atoms. The molecule has 162 valence electrons. The van der Waals surface area contributed by atoms with Crippen LogP contribution in [0.1, 0.15) is 16.7 Å². The molecule has 1 unspecified atom stereocenters. The maximum atomic E-state index is 13.5. The monoisotopic (exact) mass is 433 g/mol. The van der Waals surface area contributed by atoms with E-state index >= 15 is 0 Å². The fourth-order valence-corrected chi connectivity index (χ4v) is 4.22. The number of carbonyl (C=O) groups is 2. The van der Waals surface area contributed by atoms with E-state index in [-0.39, 0.29) is 11.7 Å². The Balaban J connectivity index is 1.59. The van der Waals surface area contributed by atoms with Crippen molar-refractivity contribution in [1.82, 2.24) is 14.8 Å². The van der Waals surface area contributed by atoms with Crippen LogP contribution in [0.15, 0.2) is 58.6 Å². The normalized spacial score (nSPS) is 20.4. The van der Waals surface area contributed by atoms with E-state index in [9.17, 15) is 14.0 Å². The van der Waals surface area contributed by atoms with Crippen LogP contribution in [0, 0.1) is 12.7 Å². The van der Waals surface area contributed by atoms with Gasteiger partial charge in [0.15, 0.2) is 0 Å². The third-order valence-electron chi connectivity index (χ3n) is 5.89. The Kier molecular flexibility index (Phi) is 4.61. The molecule has 0 aliphatic carbocycles. The van der Waals surface area contributed by atoms with Gasteiger partial charge in [0.2, 0.25) is 11.9 Å². The van der Waals surface area contributed by atoms with Gasteiger partial charge < -0.3 is 0 Å². The molecule has 1 atom stereocenters. The van der Waals surface area contributed by atoms with E-state index in [0.717, 1.165) is 21.6 Å². The van der Waals surface area contributed by atoms with Gasteiger partial charge in [0.05, 0.1) is 0 Å². The van der Waals surface area contributed by atoms with Crippen molar-refractivity contribution in [1.29, 1.82) is 0 Å². The minimum atomic E-state index is -0.719. The zero-order chi connectivity index (χ0) is 22.6. The lowest BCUT2D eigenvalue weighted by Crippen LogP contribution is -2.62. The zero-order valence-corrected chi connectivity index (χ0v) is 18.0. The van der Waals surface area contributed by atoms with Crippen molar-refractivity contribution in [2.75, 3.05) is 20.6 Å². The second kappa shape index (κ2) is 7.37. The number of fused-ring (bicyclic) bond motifs is 2. The topological polar surface area (TPSA) is 71.6 Å². The van der Waals surface area contributed by atoms with Gasteiger partial charge >= 0.3 is 12.0 Å². The Morgan fingerprint density at radius 2 is 1.84 bits per heavy atom. The van der Waals surface area contributed by atoms with Crippen molar-refractivity contribution in [3.05, 3.63) is 71.0 Å². The highest BCUT2D eigenvalue weighted by Gasteiger charge is 2.54. The van der Waals surface area contributed by atoms with Crippen LogP contribution < -0.4 is 0 Å². The molecule has 3 aliphatic heterocycles. The van der Waals surface area contributed by atoms with Crippen molar-refractivity contribution in [2.45, 2.75) is 19.5 Å². The number of guanidine groups is 1. The number of hydrogen-bond acceptors (Lipinski definition) is 5. The van der Waals surface area contributed by atoms with Crippen molar-refractivity contribution in [2.24, 2.45) is 10.1 Å². The minimum Gasteiger partial charge on any atom is -0.270 e. The van der Waals surface area contributed by atoms with Gasteiger partial charge in [0.1, 0.15) is 24.6 Å². The van der Waals surface area contributed by atoms with E-state index in [1.165, 1.54) is 24.1 Å². The molecule has 32 heavy (non-hydrogen) atoms. The Hall–Kier alpha value is -3.88. The van der Waals surface area contributed by atoms with E-state index in [1.807, 2.05) is 29.7 Å². The summed E-state index contributed by atoms with van der Waals surface area (Å²) in [5.41, 5.74) is 3.60. The van der Waals surface area contributed by atoms with E-state index in [0.29, 0.717) is 30.6 Å². The van der Waals surface area contributed by atoms with Crippen molar-refractivity contribution in [3.63, 3.8) is 0 Å². The lowest BCUT2D eigenvalue weighted by atomic mass is 10.1. The van der Waals surface area contributed by atoms with Crippen LogP contribution in [0.4, 0.5) is 9.18 Å². The predicted octanol–water partition coefficient (Wildman–Crippen LogP) is 2.03. The molecule has 3 amide bonds. The lowest BCUT2D eigenvalue weighted by molar-refractivity contribution is -0.527. The van der Waals surface area contributed by atoms with Crippen molar-refractivity contribution < 1.29 is 18.6 Å². The molecule has 9 heteroatoms. The van der Waals surface area contributed by atoms with E-state index in [1.54, 1.807) is 24.2 Å². The molecule has 0 N–H and O–H groups in total. The lowest BCUT2D eigenvalue weighted by Gasteiger charge is -2.32. The average Bonchev–Trinajstić information content (AvgIpc) is 3.17. The molecule has 0 radical (unpaired) electrons. The first-order valence-electron chi connectivity index (χ1n) is 10.3. The number of carbonyl (C=O) groups excluding carboxylic acids is 2. The van der Waals surface area contributed by atoms with Gasteiger partial charge in [-0.25, -0.2) is 13.8 Å². The third kappa shape index (κ3) is 3.17. The van der Waals surface area contributed by atoms with Crippen LogP contribution in [-0.4, -0.2) is 75.5 Å². The smallest absolute Gasteiger partial charge is 0.270 e. The fourth-order valence-electron chi connectivity index (χ4n) is 4.22. The van der Waals surface area contributed by atoms with E-state index < -0.39 is 12.1 Å². The standard InChI is InChI=1S/C23H22FN6O2/c1-14-5-4-6-15(11-14)12-30-22-25-20-19(21(31)28(3)23(32)27(20)2)29(22)13-18(26-30)16-7-9-17(24)10-8-16/h4-11,19H,12-13H2,1-3H3/q+1. The molecular weight excluding hydrogens is 411 g/mol. The molecule has 3 heterocycles. The Bertz CT molecular complexity index is 1230. The number of urea groups is 1. The number of aryl methyl sites for hydroxylation is 1. The first-order chi connectivity index (χ1) is 15.3. The molecule has 8 nitrogen and oxygen atoms in total. The van der Waals surface area contributed by atoms with Gasteiger partial charge in [-0.05, 0) is 24.6 Å². The predicted molar refractivity (Wildman–Crippen MR) is 117 cm³/mol. The molecule has 2 aromatic rings. The number of benzene rings is 2. The molecule has 5 rings (SSSR count). The number of amides is 3. The van der Waals surface area contributed by atoms with Crippen LogP contribution in [0.5, 0.6) is 0 Å². The summed E-state index contributed by atoms with van der Waals surface area (Å²) < 4.78 is 15.4. The number of aliphatic imine (C=N–C) groups is 1. The summed E-state index contributed by atoms with van der Waals surface area (Å²) in [6.07, 6.45) is 0. The average molecular weight is 433 g/mol. The molecule has 1 saturated heterocycles. The highest BCUT2D eigenvalue weighted by molar-refractivity contribution is 6.23. The molecular formula is C23H22FN6O2+. The van der Waals surface area contributed by atoms with Gasteiger partial charge in [0, 0.05) is 19.7 Å². The molecule has 2 aromatic carbocycles. The van der Waals surface area contributed by atoms with Crippen LogP contribution in [0.25, 0.3) is 0 Å². The summed E-state index contributed by atoms with van der Waals surface area (Å²) in [7, 11) is 3.09. The van der Waals surface area contributed by atoms with E-state index in [4.69, 9.17) is 5.10 Å². The Labute approximate surface area is 184 Å². The highest BCUT2D eigenvalue weighted by Crippen LogP contribution is 2.24. The first-order valence-corrected chi connectivity index (χ1v) is 10.3. The first kappa shape index (κ1) is 20.0. The summed E-state index contributed by atoms with van der Waals surface area (Å²) in [6, 6.07) is 13.1. The number of amidine groups is 1. The summed E-state index contributed by atoms with van der Waals surface area (Å²) in [5.74, 6) is 0.237. The Morgan fingerprint density at radius 3 is 2.56 bits per heavy atom. The largest absolute Gasteiger partial charge is 0.417 e. The van der Waals surface area contributed by atoms with Gasteiger partial charge in [-0.1, -0.05) is 47.0 Å². The van der Waals surface area contributed by atoms with Gasteiger partial charge in [-0.3, -0.25) is 14.6 Å². The molecule has 0 aromatic heterocycles.